The number of benzene rings is 3. The first kappa shape index (κ1) is 24.9. The number of aryl methyl sites for hydroxylation is 1. The van der Waals surface area contributed by atoms with Crippen molar-refractivity contribution in [1.29, 1.82) is 5.26 Å². The summed E-state index contributed by atoms with van der Waals surface area (Å²) >= 11 is 0. The summed E-state index contributed by atoms with van der Waals surface area (Å²) in [5.41, 5.74) is 5.05. The van der Waals surface area contributed by atoms with Crippen molar-refractivity contribution in [2.24, 2.45) is 5.73 Å². The number of alkyl halides is 3. The van der Waals surface area contributed by atoms with Crippen LogP contribution in [0.2, 0.25) is 0 Å². The molecule has 0 aliphatic carbocycles. The van der Waals surface area contributed by atoms with Crippen molar-refractivity contribution >= 4 is 11.6 Å². The third-order valence-electron chi connectivity index (χ3n) is 5.52. The van der Waals surface area contributed by atoms with Gasteiger partial charge in [0.2, 0.25) is 5.91 Å². The highest BCUT2D eigenvalue weighted by atomic mass is 19.4. The number of carbonyl (C=O) groups excluding carboxylic acids is 1. The van der Waals surface area contributed by atoms with Gasteiger partial charge in [0.05, 0.1) is 22.7 Å². The number of nitrogens with zero attached hydrogens (tertiary/aromatic N) is 1. The number of hydrogen-bond acceptors (Lipinski definition) is 3. The van der Waals surface area contributed by atoms with E-state index in [0.717, 1.165) is 23.3 Å². The van der Waals surface area contributed by atoms with Gasteiger partial charge in [-0.05, 0) is 67.1 Å². The second-order valence-corrected chi connectivity index (χ2v) is 8.12. The number of nitrogens with two attached hydrogens (primary N) is 1. The molecule has 0 saturated heterocycles. The molecule has 0 bridgehead atoms. The zero-order valence-corrected chi connectivity index (χ0v) is 18.2. The van der Waals surface area contributed by atoms with Crippen molar-refractivity contribution in [3.8, 4) is 6.07 Å². The molecule has 3 N–H and O–H groups in total. The maximum atomic E-state index is 13.3. The molecule has 0 aliphatic rings. The minimum atomic E-state index is -4.75. The van der Waals surface area contributed by atoms with Gasteiger partial charge in [0.15, 0.2) is 0 Å². The van der Waals surface area contributed by atoms with Gasteiger partial charge in [-0.1, -0.05) is 42.5 Å². The predicted molar refractivity (Wildman–Crippen MR) is 121 cm³/mol. The molecular weight excluding hydrogens is 446 g/mol. The lowest BCUT2D eigenvalue weighted by molar-refractivity contribution is -0.137. The average molecular weight is 469 g/mol. The van der Waals surface area contributed by atoms with Crippen LogP contribution in [0.15, 0.2) is 72.8 Å². The zero-order valence-electron chi connectivity index (χ0n) is 18.2. The Morgan fingerprint density at radius 3 is 2.26 bits per heavy atom. The molecule has 176 valence electrons. The first-order valence-corrected chi connectivity index (χ1v) is 10.6. The fraction of sp³-hybridized carbons (Fsp3) is 0.231. The number of amides is 1. The number of carbonyl (C=O) groups is 1. The summed E-state index contributed by atoms with van der Waals surface area (Å²) in [6.45, 7) is 0. The molecule has 0 saturated carbocycles. The molecule has 0 aromatic heterocycles. The molecule has 0 unspecified atom stereocenters. The molecule has 34 heavy (non-hydrogen) atoms. The molecule has 8 heteroatoms. The smallest absolute Gasteiger partial charge is 0.324 e. The van der Waals surface area contributed by atoms with Gasteiger partial charge in [0.25, 0.3) is 0 Å². The number of anilines is 1. The van der Waals surface area contributed by atoms with Crippen molar-refractivity contribution < 1.29 is 22.4 Å². The van der Waals surface area contributed by atoms with Gasteiger partial charge < -0.3 is 11.1 Å². The van der Waals surface area contributed by atoms with E-state index in [4.69, 9.17) is 11.0 Å². The first-order valence-electron chi connectivity index (χ1n) is 10.6. The lowest BCUT2D eigenvalue weighted by atomic mass is 9.85. The van der Waals surface area contributed by atoms with Gasteiger partial charge in [-0.15, -0.1) is 0 Å². The Morgan fingerprint density at radius 1 is 0.971 bits per heavy atom. The summed E-state index contributed by atoms with van der Waals surface area (Å²) in [6.07, 6.45) is -3.27. The molecule has 0 fully saturated rings. The Labute approximate surface area is 195 Å². The second-order valence-electron chi connectivity index (χ2n) is 8.12. The Morgan fingerprint density at radius 2 is 1.65 bits per heavy atom. The topological polar surface area (TPSA) is 78.9 Å². The van der Waals surface area contributed by atoms with Gasteiger partial charge in [-0.25, -0.2) is 4.39 Å². The van der Waals surface area contributed by atoms with E-state index in [-0.39, 0.29) is 24.3 Å². The van der Waals surface area contributed by atoms with Gasteiger partial charge >= 0.3 is 6.18 Å². The molecule has 3 aromatic rings. The summed E-state index contributed by atoms with van der Waals surface area (Å²) < 4.78 is 53.1. The number of halogens is 4. The fourth-order valence-corrected chi connectivity index (χ4v) is 3.71. The molecule has 0 heterocycles. The highest BCUT2D eigenvalue weighted by Gasteiger charge is 2.36. The number of nitrogens with one attached hydrogen (secondary N) is 1. The van der Waals surface area contributed by atoms with Crippen LogP contribution in [0.3, 0.4) is 0 Å². The summed E-state index contributed by atoms with van der Waals surface area (Å²) in [6, 6.07) is 19.6. The lowest BCUT2D eigenvalue weighted by Gasteiger charge is -2.29. The van der Waals surface area contributed by atoms with Crippen molar-refractivity contribution in [3.63, 3.8) is 0 Å². The monoisotopic (exact) mass is 469 g/mol. The Balaban J connectivity index is 1.81. The fourth-order valence-electron chi connectivity index (χ4n) is 3.71. The third kappa shape index (κ3) is 6.42. The van der Waals surface area contributed by atoms with Crippen molar-refractivity contribution in [3.05, 3.63) is 101 Å². The minimum absolute atomic E-state index is 0.0993. The largest absolute Gasteiger partial charge is 0.417 e. The van der Waals surface area contributed by atoms with Crippen LogP contribution in [0.1, 0.15) is 35.1 Å². The summed E-state index contributed by atoms with van der Waals surface area (Å²) in [5, 5.41) is 11.5. The van der Waals surface area contributed by atoms with Crippen molar-refractivity contribution in [1.82, 2.24) is 0 Å². The Kier molecular flexibility index (Phi) is 7.69. The number of rotatable bonds is 8. The van der Waals surface area contributed by atoms with E-state index in [1.807, 2.05) is 30.3 Å². The third-order valence-corrected chi connectivity index (χ3v) is 5.52. The Hall–Kier alpha value is -3.70. The molecule has 0 spiro atoms. The Bertz CT molecular complexity index is 1170. The quantitative estimate of drug-likeness (QED) is 0.421. The molecule has 3 aromatic carbocycles. The molecule has 1 atom stereocenters. The van der Waals surface area contributed by atoms with Crippen LogP contribution in [0.25, 0.3) is 0 Å². The van der Waals surface area contributed by atoms with Crippen LogP contribution in [-0.4, -0.2) is 11.4 Å². The predicted octanol–water partition coefficient (Wildman–Crippen LogP) is 5.62. The van der Waals surface area contributed by atoms with E-state index in [1.54, 1.807) is 12.1 Å². The first-order chi connectivity index (χ1) is 16.1. The number of nitriles is 1. The van der Waals surface area contributed by atoms with Gasteiger partial charge in [0, 0.05) is 5.69 Å². The van der Waals surface area contributed by atoms with E-state index in [9.17, 15) is 22.4 Å². The standard InChI is InChI=1S/C26H23F4N3O/c27-21-11-8-18(9-12-21)7-4-14-25(32,16-19-5-2-1-3-6-19)24(34)33-22-13-10-20(17-31)23(15-22)26(28,29)30/h1-3,5-6,8-13,15H,4,7,14,16,32H2,(H,33,34)/t25-/m1/s1. The van der Waals surface area contributed by atoms with Gasteiger partial charge in [0.1, 0.15) is 5.82 Å². The lowest BCUT2D eigenvalue weighted by Crippen LogP contribution is -2.53. The van der Waals surface area contributed by atoms with Gasteiger partial charge in [-0.3, -0.25) is 4.79 Å². The van der Waals surface area contributed by atoms with E-state index < -0.39 is 28.7 Å². The maximum absolute atomic E-state index is 13.3. The normalized spacial score (nSPS) is 13.1. The van der Waals surface area contributed by atoms with Crippen LogP contribution in [0.4, 0.5) is 23.2 Å². The molecular formula is C26H23F4N3O. The highest BCUT2D eigenvalue weighted by molar-refractivity contribution is 5.98. The SMILES string of the molecule is N#Cc1ccc(NC(=O)[C@@](N)(CCCc2ccc(F)cc2)Cc2ccccc2)cc1C(F)(F)F. The number of hydrogen-bond donors (Lipinski definition) is 2. The molecule has 3 rings (SSSR count). The van der Waals surface area contributed by atoms with E-state index in [1.165, 1.54) is 24.3 Å². The van der Waals surface area contributed by atoms with Crippen LogP contribution >= 0.6 is 0 Å². The summed E-state index contributed by atoms with van der Waals surface area (Å²) in [5.74, 6) is -0.977. The van der Waals surface area contributed by atoms with Gasteiger partial charge in [-0.2, -0.15) is 18.4 Å². The zero-order chi connectivity index (χ0) is 24.8. The maximum Gasteiger partial charge on any atom is 0.417 e. The second kappa shape index (κ2) is 10.5. The molecule has 4 nitrogen and oxygen atoms in total. The van der Waals surface area contributed by atoms with Crippen molar-refractivity contribution in [2.75, 3.05) is 5.32 Å². The highest BCUT2D eigenvalue weighted by Crippen LogP contribution is 2.34. The molecule has 0 aliphatic heterocycles. The summed E-state index contributed by atoms with van der Waals surface area (Å²) in [7, 11) is 0. The van der Waals surface area contributed by atoms with Crippen LogP contribution < -0.4 is 11.1 Å². The van der Waals surface area contributed by atoms with Crippen molar-refractivity contribution in [2.45, 2.75) is 37.4 Å². The minimum Gasteiger partial charge on any atom is -0.324 e. The summed E-state index contributed by atoms with van der Waals surface area (Å²) in [4.78, 5) is 13.2. The average Bonchev–Trinajstić information content (AvgIpc) is 2.80. The van der Waals surface area contributed by atoms with Crippen LogP contribution in [-0.2, 0) is 23.8 Å². The van der Waals surface area contributed by atoms with Crippen LogP contribution in [0, 0.1) is 17.1 Å². The molecule has 1 amide bonds. The van der Waals surface area contributed by atoms with E-state index in [0.29, 0.717) is 12.8 Å². The van der Waals surface area contributed by atoms with E-state index in [2.05, 4.69) is 5.32 Å². The van der Waals surface area contributed by atoms with Crippen LogP contribution in [0.5, 0.6) is 0 Å². The van der Waals surface area contributed by atoms with E-state index >= 15 is 0 Å². The molecule has 0 radical (unpaired) electrons.